The van der Waals surface area contributed by atoms with Crippen LogP contribution in [0.3, 0.4) is 0 Å². The Morgan fingerprint density at radius 2 is 2.21 bits per heavy atom. The van der Waals surface area contributed by atoms with Crippen LogP contribution in [0.4, 0.5) is 5.82 Å². The fourth-order valence-electron chi connectivity index (χ4n) is 2.66. The second-order valence-electron chi connectivity index (χ2n) is 5.76. The third-order valence-electron chi connectivity index (χ3n) is 3.99. The van der Waals surface area contributed by atoms with Crippen molar-refractivity contribution in [3.8, 4) is 0 Å². The third kappa shape index (κ3) is 4.11. The van der Waals surface area contributed by atoms with Crippen LogP contribution < -0.4 is 5.32 Å². The molecule has 0 atom stereocenters. The average molecular weight is 345 g/mol. The zero-order valence-corrected chi connectivity index (χ0v) is 14.2. The Morgan fingerprint density at radius 1 is 1.42 bits per heavy atom. The quantitative estimate of drug-likeness (QED) is 0.865. The minimum Gasteiger partial charge on any atom is -0.360 e. The molecule has 0 saturated carbocycles. The fourth-order valence-corrected chi connectivity index (χ4v) is 3.28. The van der Waals surface area contributed by atoms with Gasteiger partial charge in [0.1, 0.15) is 5.76 Å². The number of amides is 2. The highest BCUT2D eigenvalue weighted by atomic mass is 32.1. The molecule has 6 nitrogen and oxygen atoms in total. The summed E-state index contributed by atoms with van der Waals surface area (Å²) in [6.45, 7) is 2.95. The molecular formula is C17H19N3O3S. The number of aromatic nitrogens is 1. The van der Waals surface area contributed by atoms with Crippen LogP contribution in [0.15, 0.2) is 34.2 Å². The van der Waals surface area contributed by atoms with Crippen LogP contribution in [0, 0.1) is 12.8 Å². The van der Waals surface area contributed by atoms with E-state index < -0.39 is 0 Å². The highest BCUT2D eigenvalue weighted by Crippen LogP contribution is 2.20. The van der Waals surface area contributed by atoms with Crippen molar-refractivity contribution in [3.63, 3.8) is 0 Å². The van der Waals surface area contributed by atoms with Crippen LogP contribution in [0.25, 0.3) is 6.08 Å². The molecule has 24 heavy (non-hydrogen) atoms. The van der Waals surface area contributed by atoms with Gasteiger partial charge in [0.05, 0.1) is 0 Å². The molecule has 0 spiro atoms. The molecule has 126 valence electrons. The minimum atomic E-state index is -0.104. The molecule has 1 aliphatic heterocycles. The number of aryl methyl sites for hydroxylation is 1. The van der Waals surface area contributed by atoms with Crippen LogP contribution in [-0.4, -0.2) is 35.0 Å². The summed E-state index contributed by atoms with van der Waals surface area (Å²) in [5.74, 6) is 0.921. The van der Waals surface area contributed by atoms with Gasteiger partial charge in [0.2, 0.25) is 11.8 Å². The lowest BCUT2D eigenvalue weighted by Crippen LogP contribution is -2.40. The number of anilines is 1. The van der Waals surface area contributed by atoms with E-state index >= 15 is 0 Å². The Morgan fingerprint density at radius 3 is 2.83 bits per heavy atom. The number of piperidine rings is 1. The van der Waals surface area contributed by atoms with Crippen LogP contribution in [0.2, 0.25) is 0 Å². The standard InChI is InChI=1S/C17H19N3O3S/c1-12-11-15(19-23-12)18-17(22)13-6-8-20(9-7-13)16(21)5-4-14-3-2-10-24-14/h2-5,10-11,13H,6-9H2,1H3,(H,18,19,22)/b5-4+. The van der Waals surface area contributed by atoms with Crippen molar-refractivity contribution in [1.82, 2.24) is 10.1 Å². The zero-order chi connectivity index (χ0) is 16.9. The predicted molar refractivity (Wildman–Crippen MR) is 92.5 cm³/mol. The highest BCUT2D eigenvalue weighted by molar-refractivity contribution is 7.10. The van der Waals surface area contributed by atoms with Crippen molar-refractivity contribution in [2.45, 2.75) is 19.8 Å². The van der Waals surface area contributed by atoms with E-state index in [1.165, 1.54) is 0 Å². The molecule has 1 fully saturated rings. The van der Waals surface area contributed by atoms with Gasteiger partial charge in [0.15, 0.2) is 5.82 Å². The van der Waals surface area contributed by atoms with Crippen LogP contribution >= 0.6 is 11.3 Å². The summed E-state index contributed by atoms with van der Waals surface area (Å²) in [4.78, 5) is 27.3. The number of hydrogen-bond donors (Lipinski definition) is 1. The SMILES string of the molecule is Cc1cc(NC(=O)C2CCN(C(=O)/C=C/c3cccs3)CC2)no1. The number of hydrogen-bond acceptors (Lipinski definition) is 5. The van der Waals surface area contributed by atoms with Gasteiger partial charge in [-0.1, -0.05) is 11.2 Å². The maximum Gasteiger partial charge on any atom is 0.246 e. The normalized spacial score (nSPS) is 15.8. The fraction of sp³-hybridized carbons (Fsp3) is 0.353. The molecule has 2 aromatic heterocycles. The van der Waals surface area contributed by atoms with E-state index in [2.05, 4.69) is 10.5 Å². The highest BCUT2D eigenvalue weighted by Gasteiger charge is 2.27. The second-order valence-corrected chi connectivity index (χ2v) is 6.74. The molecule has 1 aliphatic rings. The first-order valence-corrected chi connectivity index (χ1v) is 8.74. The number of nitrogens with one attached hydrogen (secondary N) is 1. The molecule has 0 unspecified atom stereocenters. The minimum absolute atomic E-state index is 0.00520. The molecule has 1 N–H and O–H groups in total. The van der Waals surface area contributed by atoms with Gasteiger partial charge < -0.3 is 14.7 Å². The van der Waals surface area contributed by atoms with E-state index in [1.54, 1.807) is 35.3 Å². The summed E-state index contributed by atoms with van der Waals surface area (Å²) in [5, 5.41) is 8.50. The number of likely N-dealkylation sites (tertiary alicyclic amines) is 1. The monoisotopic (exact) mass is 345 g/mol. The number of nitrogens with zero attached hydrogens (tertiary/aromatic N) is 2. The van der Waals surface area contributed by atoms with Crippen molar-refractivity contribution >= 4 is 35.0 Å². The maximum absolute atomic E-state index is 12.2. The molecule has 2 aromatic rings. The van der Waals surface area contributed by atoms with Gasteiger partial charge in [0, 0.05) is 36.0 Å². The molecule has 3 heterocycles. The summed E-state index contributed by atoms with van der Waals surface area (Å²) in [6, 6.07) is 5.61. The Balaban J connectivity index is 1.48. The molecule has 7 heteroatoms. The van der Waals surface area contributed by atoms with Gasteiger partial charge >= 0.3 is 0 Å². The summed E-state index contributed by atoms with van der Waals surface area (Å²) in [7, 11) is 0. The smallest absolute Gasteiger partial charge is 0.246 e. The predicted octanol–water partition coefficient (Wildman–Crippen LogP) is 2.94. The number of thiophene rings is 1. The van der Waals surface area contributed by atoms with Crippen LogP contribution in [0.5, 0.6) is 0 Å². The molecule has 0 radical (unpaired) electrons. The molecule has 2 amide bonds. The Labute approximate surface area is 144 Å². The van der Waals surface area contributed by atoms with E-state index in [1.807, 2.05) is 23.6 Å². The van der Waals surface area contributed by atoms with Crippen molar-refractivity contribution < 1.29 is 14.1 Å². The molecular weight excluding hydrogens is 326 g/mol. The number of carbonyl (C=O) groups excluding carboxylic acids is 2. The summed E-state index contributed by atoms with van der Waals surface area (Å²) >= 11 is 1.59. The van der Waals surface area contributed by atoms with Crippen LogP contribution in [0.1, 0.15) is 23.5 Å². The van der Waals surface area contributed by atoms with Gasteiger partial charge in [-0.3, -0.25) is 9.59 Å². The molecule has 3 rings (SSSR count). The van der Waals surface area contributed by atoms with Crippen molar-refractivity contribution in [3.05, 3.63) is 40.3 Å². The molecule has 0 bridgehead atoms. The summed E-state index contributed by atoms with van der Waals surface area (Å²) < 4.78 is 4.93. The molecule has 0 aliphatic carbocycles. The Bertz CT molecular complexity index is 728. The van der Waals surface area contributed by atoms with Gasteiger partial charge in [-0.15, -0.1) is 11.3 Å². The zero-order valence-electron chi connectivity index (χ0n) is 13.4. The van der Waals surface area contributed by atoms with Gasteiger partial charge in [0.25, 0.3) is 0 Å². The topological polar surface area (TPSA) is 75.4 Å². The van der Waals surface area contributed by atoms with Crippen LogP contribution in [-0.2, 0) is 9.59 Å². The second kappa shape index (κ2) is 7.44. The lowest BCUT2D eigenvalue weighted by atomic mass is 9.96. The average Bonchev–Trinajstić information content (AvgIpc) is 3.24. The van der Waals surface area contributed by atoms with E-state index in [0.717, 1.165) is 4.88 Å². The van der Waals surface area contributed by atoms with Crippen molar-refractivity contribution in [2.24, 2.45) is 5.92 Å². The third-order valence-corrected chi connectivity index (χ3v) is 4.83. The van der Waals surface area contributed by atoms with E-state index in [9.17, 15) is 9.59 Å². The molecule has 1 saturated heterocycles. The Hall–Kier alpha value is -2.41. The number of rotatable bonds is 4. The first-order valence-electron chi connectivity index (χ1n) is 7.86. The summed E-state index contributed by atoms with van der Waals surface area (Å²) in [5.41, 5.74) is 0. The van der Waals surface area contributed by atoms with E-state index in [0.29, 0.717) is 37.5 Å². The van der Waals surface area contributed by atoms with Gasteiger partial charge in [-0.25, -0.2) is 0 Å². The lowest BCUT2D eigenvalue weighted by molar-refractivity contribution is -0.130. The van der Waals surface area contributed by atoms with E-state index in [4.69, 9.17) is 4.52 Å². The van der Waals surface area contributed by atoms with Crippen molar-refractivity contribution in [2.75, 3.05) is 18.4 Å². The largest absolute Gasteiger partial charge is 0.360 e. The number of carbonyl (C=O) groups is 2. The first-order chi connectivity index (χ1) is 11.6. The van der Waals surface area contributed by atoms with Gasteiger partial charge in [-0.05, 0) is 37.3 Å². The van der Waals surface area contributed by atoms with Crippen molar-refractivity contribution in [1.29, 1.82) is 0 Å². The summed E-state index contributed by atoms with van der Waals surface area (Å²) in [6.07, 6.45) is 4.74. The first kappa shape index (κ1) is 16.4. The molecule has 0 aromatic carbocycles. The Kier molecular flexibility index (Phi) is 5.10. The lowest BCUT2D eigenvalue weighted by Gasteiger charge is -2.30. The van der Waals surface area contributed by atoms with Gasteiger partial charge in [-0.2, -0.15) is 0 Å². The maximum atomic E-state index is 12.2. The van der Waals surface area contributed by atoms with E-state index in [-0.39, 0.29) is 17.7 Å².